The smallest absolute Gasteiger partial charge is 0.176 e. The van der Waals surface area contributed by atoms with Crippen molar-refractivity contribution < 1.29 is 19.0 Å². The molecule has 3 aromatic rings. The third kappa shape index (κ3) is 3.16. The SMILES string of the molecule is COc1cc(-c2ncc(COCO)cn2)cc2cc(CN)oc12. The molecule has 0 amide bonds. The number of aromatic nitrogens is 2. The number of hydrogen-bond donors (Lipinski definition) is 2. The summed E-state index contributed by atoms with van der Waals surface area (Å²) in [6, 6.07) is 5.63. The molecule has 0 aliphatic heterocycles. The molecule has 0 aliphatic carbocycles. The fourth-order valence-corrected chi connectivity index (χ4v) is 2.30. The maximum atomic E-state index is 8.65. The summed E-state index contributed by atoms with van der Waals surface area (Å²) in [5.41, 5.74) is 7.87. The lowest BCUT2D eigenvalue weighted by Gasteiger charge is -2.06. The minimum Gasteiger partial charge on any atom is -0.493 e. The number of furan rings is 1. The summed E-state index contributed by atoms with van der Waals surface area (Å²) in [7, 11) is 1.58. The number of nitrogens with zero attached hydrogens (tertiary/aromatic N) is 2. The molecule has 1 aromatic carbocycles. The van der Waals surface area contributed by atoms with Crippen LogP contribution in [0.15, 0.2) is 35.0 Å². The molecule has 0 spiro atoms. The molecule has 7 heteroatoms. The van der Waals surface area contributed by atoms with E-state index in [1.54, 1.807) is 19.5 Å². The highest BCUT2D eigenvalue weighted by Gasteiger charge is 2.13. The first-order chi connectivity index (χ1) is 11.2. The average molecular weight is 315 g/mol. The zero-order valence-electron chi connectivity index (χ0n) is 12.7. The van der Waals surface area contributed by atoms with Crippen LogP contribution in [0.5, 0.6) is 5.75 Å². The highest BCUT2D eigenvalue weighted by molar-refractivity contribution is 5.88. The van der Waals surface area contributed by atoms with Gasteiger partial charge in [0.25, 0.3) is 0 Å². The normalized spacial score (nSPS) is 11.1. The Balaban J connectivity index is 1.98. The summed E-state index contributed by atoms with van der Waals surface area (Å²) in [6.07, 6.45) is 3.32. The van der Waals surface area contributed by atoms with E-state index in [4.69, 9.17) is 24.7 Å². The van der Waals surface area contributed by atoms with Crippen LogP contribution in [-0.4, -0.2) is 29.0 Å². The predicted octanol–water partition coefficient (Wildman–Crippen LogP) is 1.82. The fraction of sp³-hybridized carbons (Fsp3) is 0.250. The van der Waals surface area contributed by atoms with Crippen molar-refractivity contribution in [2.75, 3.05) is 13.9 Å². The topological polar surface area (TPSA) is 104 Å². The number of hydrogen-bond acceptors (Lipinski definition) is 7. The van der Waals surface area contributed by atoms with Gasteiger partial charge in [-0.1, -0.05) is 0 Å². The van der Waals surface area contributed by atoms with Gasteiger partial charge in [0.2, 0.25) is 0 Å². The van der Waals surface area contributed by atoms with Gasteiger partial charge < -0.3 is 24.7 Å². The third-order valence-corrected chi connectivity index (χ3v) is 3.38. The second kappa shape index (κ2) is 6.74. The van der Waals surface area contributed by atoms with Crippen molar-refractivity contribution in [3.05, 3.63) is 41.9 Å². The standard InChI is InChI=1S/C16H17N3O4/c1-21-14-4-12(2-11-3-13(5-17)23-15(11)14)16-18-6-10(7-19-16)8-22-9-20/h2-4,6-7,20H,5,8-9,17H2,1H3. The van der Waals surface area contributed by atoms with E-state index >= 15 is 0 Å². The number of nitrogens with two attached hydrogens (primary N) is 1. The molecule has 0 aliphatic rings. The van der Waals surface area contributed by atoms with E-state index in [0.29, 0.717) is 29.5 Å². The van der Waals surface area contributed by atoms with Crippen molar-refractivity contribution in [2.45, 2.75) is 13.2 Å². The lowest BCUT2D eigenvalue weighted by Crippen LogP contribution is -1.97. The van der Waals surface area contributed by atoms with Gasteiger partial charge in [-0.2, -0.15) is 0 Å². The zero-order valence-corrected chi connectivity index (χ0v) is 12.7. The first-order valence-corrected chi connectivity index (χ1v) is 7.05. The number of benzene rings is 1. The number of methoxy groups -OCH3 is 1. The van der Waals surface area contributed by atoms with Crippen LogP contribution < -0.4 is 10.5 Å². The Kier molecular flexibility index (Phi) is 4.52. The molecule has 120 valence electrons. The van der Waals surface area contributed by atoms with Crippen molar-refractivity contribution in [3.63, 3.8) is 0 Å². The number of aliphatic hydroxyl groups is 1. The molecule has 7 nitrogen and oxygen atoms in total. The molecular weight excluding hydrogens is 298 g/mol. The third-order valence-electron chi connectivity index (χ3n) is 3.38. The quantitative estimate of drug-likeness (QED) is 0.669. The molecule has 0 saturated carbocycles. The van der Waals surface area contributed by atoms with Crippen molar-refractivity contribution in [1.29, 1.82) is 0 Å². The molecule has 0 fully saturated rings. The van der Waals surface area contributed by atoms with Crippen molar-refractivity contribution in [3.8, 4) is 17.1 Å². The molecule has 2 aromatic heterocycles. The van der Waals surface area contributed by atoms with E-state index in [2.05, 4.69) is 9.97 Å². The minimum atomic E-state index is -0.334. The highest BCUT2D eigenvalue weighted by Crippen LogP contribution is 2.33. The van der Waals surface area contributed by atoms with Crippen molar-refractivity contribution in [2.24, 2.45) is 5.73 Å². The van der Waals surface area contributed by atoms with Crippen LogP contribution in [0.2, 0.25) is 0 Å². The van der Waals surface area contributed by atoms with Gasteiger partial charge in [-0.15, -0.1) is 0 Å². The largest absolute Gasteiger partial charge is 0.493 e. The second-order valence-corrected chi connectivity index (χ2v) is 4.91. The van der Waals surface area contributed by atoms with Gasteiger partial charge in [0.05, 0.1) is 20.3 Å². The Bertz CT molecular complexity index is 799. The molecule has 0 atom stereocenters. The van der Waals surface area contributed by atoms with Crippen LogP contribution in [0.4, 0.5) is 0 Å². The number of aliphatic hydroxyl groups excluding tert-OH is 1. The lowest BCUT2D eigenvalue weighted by molar-refractivity contribution is -0.0114. The average Bonchev–Trinajstić information content (AvgIpc) is 3.02. The Morgan fingerprint density at radius 3 is 2.65 bits per heavy atom. The van der Waals surface area contributed by atoms with Crippen LogP contribution in [0.3, 0.4) is 0 Å². The Labute approximate surface area is 132 Å². The van der Waals surface area contributed by atoms with E-state index in [-0.39, 0.29) is 13.4 Å². The first-order valence-electron chi connectivity index (χ1n) is 7.05. The number of ether oxygens (including phenoxy) is 2. The van der Waals surface area contributed by atoms with Crippen molar-refractivity contribution in [1.82, 2.24) is 9.97 Å². The van der Waals surface area contributed by atoms with Crippen LogP contribution in [0, 0.1) is 0 Å². The summed E-state index contributed by atoms with van der Waals surface area (Å²) in [5.74, 6) is 1.86. The lowest BCUT2D eigenvalue weighted by atomic mass is 10.1. The van der Waals surface area contributed by atoms with Gasteiger partial charge in [0, 0.05) is 28.9 Å². The van der Waals surface area contributed by atoms with Crippen molar-refractivity contribution >= 4 is 11.0 Å². The van der Waals surface area contributed by atoms with Gasteiger partial charge in [-0.05, 0) is 18.2 Å². The van der Waals surface area contributed by atoms with E-state index in [1.807, 2.05) is 18.2 Å². The van der Waals surface area contributed by atoms with Crippen LogP contribution >= 0.6 is 0 Å². The van der Waals surface area contributed by atoms with E-state index in [0.717, 1.165) is 16.5 Å². The molecular formula is C16H17N3O4. The Morgan fingerprint density at radius 1 is 1.22 bits per heavy atom. The maximum Gasteiger partial charge on any atom is 0.176 e. The monoisotopic (exact) mass is 315 g/mol. The highest BCUT2D eigenvalue weighted by atomic mass is 16.6. The van der Waals surface area contributed by atoms with Gasteiger partial charge in [-0.25, -0.2) is 9.97 Å². The van der Waals surface area contributed by atoms with E-state index in [1.165, 1.54) is 0 Å². The zero-order chi connectivity index (χ0) is 16.2. The second-order valence-electron chi connectivity index (χ2n) is 4.91. The maximum absolute atomic E-state index is 8.65. The molecule has 3 N–H and O–H groups in total. The molecule has 2 heterocycles. The van der Waals surface area contributed by atoms with E-state index < -0.39 is 0 Å². The molecule has 23 heavy (non-hydrogen) atoms. The van der Waals surface area contributed by atoms with Gasteiger partial charge in [0.1, 0.15) is 12.6 Å². The molecule has 0 saturated heterocycles. The van der Waals surface area contributed by atoms with Crippen LogP contribution in [-0.2, 0) is 17.9 Å². The molecule has 0 bridgehead atoms. The molecule has 0 radical (unpaired) electrons. The summed E-state index contributed by atoms with van der Waals surface area (Å²) < 4.78 is 16.0. The first kappa shape index (κ1) is 15.4. The molecule has 0 unspecified atom stereocenters. The summed E-state index contributed by atoms with van der Waals surface area (Å²) in [6.45, 7) is 0.254. The van der Waals surface area contributed by atoms with E-state index in [9.17, 15) is 0 Å². The Hall–Kier alpha value is -2.48. The summed E-state index contributed by atoms with van der Waals surface area (Å²) >= 11 is 0. The van der Waals surface area contributed by atoms with Crippen LogP contribution in [0.25, 0.3) is 22.4 Å². The van der Waals surface area contributed by atoms with Gasteiger partial charge in [-0.3, -0.25) is 0 Å². The van der Waals surface area contributed by atoms with Gasteiger partial charge in [0.15, 0.2) is 17.2 Å². The summed E-state index contributed by atoms with van der Waals surface area (Å²) in [4.78, 5) is 8.65. The number of rotatable bonds is 6. The minimum absolute atomic E-state index is 0.265. The predicted molar refractivity (Wildman–Crippen MR) is 83.6 cm³/mol. The fourth-order valence-electron chi connectivity index (χ4n) is 2.30. The Morgan fingerprint density at radius 2 is 2.00 bits per heavy atom. The number of fused-ring (bicyclic) bond motifs is 1. The van der Waals surface area contributed by atoms with Gasteiger partial charge >= 0.3 is 0 Å². The summed E-state index contributed by atoms with van der Waals surface area (Å²) in [5, 5.41) is 9.53. The molecule has 3 rings (SSSR count). The van der Waals surface area contributed by atoms with Crippen LogP contribution in [0.1, 0.15) is 11.3 Å².